The molecule has 3 rings (SSSR count). The van der Waals surface area contributed by atoms with Crippen LogP contribution in [0, 0.1) is 0 Å². The molecule has 28 heavy (non-hydrogen) atoms. The average molecular weight is 408 g/mol. The predicted octanol–water partition coefficient (Wildman–Crippen LogP) is 6.83. The van der Waals surface area contributed by atoms with Gasteiger partial charge >= 0.3 is 5.97 Å². The lowest BCUT2D eigenvalue weighted by Gasteiger charge is -2.04. The Hall–Kier alpha value is -2.95. The van der Waals surface area contributed by atoms with E-state index >= 15 is 0 Å². The molecule has 0 amide bonds. The second kappa shape index (κ2) is 8.83. The number of rotatable bonds is 6. The molecule has 0 bridgehead atoms. The van der Waals surface area contributed by atoms with Crippen LogP contribution in [0.25, 0.3) is 21.7 Å². The number of carboxylic acid groups (broad SMARTS) is 1. The number of halogens is 1. The van der Waals surface area contributed by atoms with Crippen molar-refractivity contribution in [3.05, 3.63) is 101 Å². The lowest BCUT2D eigenvalue weighted by molar-refractivity contribution is 0.0697. The van der Waals surface area contributed by atoms with E-state index in [9.17, 15) is 4.79 Å². The van der Waals surface area contributed by atoms with Gasteiger partial charge in [-0.15, -0.1) is 11.3 Å². The van der Waals surface area contributed by atoms with Crippen LogP contribution < -0.4 is 0 Å². The standard InChI is InChI=1S/C23H18ClNO2S/c1-15(18-11-12-19(23(26)27)20(24)13-18)7-6-8-16(2)21-14-28-22(25-21)17-9-4-3-5-10-17/h3-14H,1H2,2H3,(H,26,27)/b7-6-,16-8+. The van der Waals surface area contributed by atoms with Crippen molar-refractivity contribution in [2.45, 2.75) is 6.92 Å². The van der Waals surface area contributed by atoms with Crippen molar-refractivity contribution < 1.29 is 9.90 Å². The van der Waals surface area contributed by atoms with Crippen LogP contribution in [0.15, 0.2) is 78.7 Å². The normalized spacial score (nSPS) is 11.7. The Morgan fingerprint density at radius 2 is 1.96 bits per heavy atom. The molecule has 3 aromatic rings. The third-order valence-corrected chi connectivity index (χ3v) is 5.35. The molecule has 0 saturated carbocycles. The Labute approximate surface area is 173 Å². The maximum atomic E-state index is 11.0. The first-order valence-electron chi connectivity index (χ1n) is 8.54. The van der Waals surface area contributed by atoms with Crippen LogP contribution in [0.3, 0.4) is 0 Å². The van der Waals surface area contributed by atoms with E-state index < -0.39 is 5.97 Å². The number of nitrogens with zero attached hydrogens (tertiary/aromatic N) is 1. The first kappa shape index (κ1) is 19.8. The van der Waals surface area contributed by atoms with E-state index in [0.717, 1.165) is 33.0 Å². The maximum absolute atomic E-state index is 11.0. The lowest BCUT2D eigenvalue weighted by Crippen LogP contribution is -1.97. The van der Waals surface area contributed by atoms with Gasteiger partial charge in [-0.05, 0) is 35.8 Å². The molecule has 0 fully saturated rings. The van der Waals surface area contributed by atoms with E-state index in [1.807, 2.05) is 60.9 Å². The van der Waals surface area contributed by atoms with Gasteiger partial charge in [0.1, 0.15) is 5.01 Å². The van der Waals surface area contributed by atoms with Gasteiger partial charge in [-0.1, -0.05) is 72.8 Å². The number of allylic oxidation sites excluding steroid dienone is 5. The zero-order valence-corrected chi connectivity index (χ0v) is 16.8. The molecule has 0 unspecified atom stereocenters. The number of hydrogen-bond acceptors (Lipinski definition) is 3. The summed E-state index contributed by atoms with van der Waals surface area (Å²) in [5, 5.41) is 12.3. The summed E-state index contributed by atoms with van der Waals surface area (Å²) in [6, 6.07) is 14.9. The Balaban J connectivity index is 1.71. The van der Waals surface area contributed by atoms with Gasteiger partial charge in [-0.25, -0.2) is 9.78 Å². The zero-order valence-electron chi connectivity index (χ0n) is 15.2. The van der Waals surface area contributed by atoms with Gasteiger partial charge in [0.15, 0.2) is 0 Å². The number of aromatic carboxylic acids is 1. The summed E-state index contributed by atoms with van der Waals surface area (Å²) in [7, 11) is 0. The molecule has 0 aliphatic carbocycles. The van der Waals surface area contributed by atoms with Gasteiger partial charge in [-0.2, -0.15) is 0 Å². The molecule has 0 radical (unpaired) electrons. The van der Waals surface area contributed by atoms with Crippen molar-refractivity contribution in [2.75, 3.05) is 0 Å². The molecular weight excluding hydrogens is 390 g/mol. The molecule has 0 aliphatic rings. The molecule has 0 saturated heterocycles. The minimum absolute atomic E-state index is 0.0793. The molecule has 3 nitrogen and oxygen atoms in total. The van der Waals surface area contributed by atoms with Crippen LogP contribution in [0.1, 0.15) is 28.5 Å². The van der Waals surface area contributed by atoms with E-state index in [1.165, 1.54) is 6.07 Å². The summed E-state index contributed by atoms with van der Waals surface area (Å²) in [5.41, 5.74) is 4.69. The van der Waals surface area contributed by atoms with E-state index in [1.54, 1.807) is 23.5 Å². The minimum atomic E-state index is -1.05. The van der Waals surface area contributed by atoms with Crippen molar-refractivity contribution in [1.82, 2.24) is 4.98 Å². The largest absolute Gasteiger partial charge is 0.478 e. The summed E-state index contributed by atoms with van der Waals surface area (Å²) in [4.78, 5) is 15.7. The predicted molar refractivity (Wildman–Crippen MR) is 118 cm³/mol. The second-order valence-electron chi connectivity index (χ2n) is 6.14. The Bertz CT molecular complexity index is 1080. The van der Waals surface area contributed by atoms with Crippen LogP contribution >= 0.6 is 22.9 Å². The summed E-state index contributed by atoms with van der Waals surface area (Å²) >= 11 is 7.64. The monoisotopic (exact) mass is 407 g/mol. The lowest BCUT2D eigenvalue weighted by atomic mass is 10.0. The van der Waals surface area contributed by atoms with Gasteiger partial charge in [0, 0.05) is 10.9 Å². The molecule has 1 heterocycles. The number of aromatic nitrogens is 1. The SMILES string of the molecule is C=C(/C=C\C=C(/C)c1csc(-c2ccccc2)n1)c1ccc(C(=O)O)c(Cl)c1. The molecule has 0 spiro atoms. The molecule has 0 atom stereocenters. The van der Waals surface area contributed by atoms with Crippen molar-refractivity contribution in [2.24, 2.45) is 0 Å². The van der Waals surface area contributed by atoms with Gasteiger partial charge < -0.3 is 5.11 Å². The number of carbonyl (C=O) groups is 1. The number of hydrogen-bond donors (Lipinski definition) is 1. The van der Waals surface area contributed by atoms with Crippen LogP contribution in [0.5, 0.6) is 0 Å². The number of thiazole rings is 1. The molecule has 140 valence electrons. The smallest absolute Gasteiger partial charge is 0.337 e. The summed E-state index contributed by atoms with van der Waals surface area (Å²) in [5.74, 6) is -1.05. The number of benzene rings is 2. The summed E-state index contributed by atoms with van der Waals surface area (Å²) in [6.07, 6.45) is 5.74. The third-order valence-electron chi connectivity index (χ3n) is 4.14. The van der Waals surface area contributed by atoms with Crippen molar-refractivity contribution >= 4 is 40.1 Å². The fourth-order valence-corrected chi connectivity index (χ4v) is 3.69. The second-order valence-corrected chi connectivity index (χ2v) is 7.40. The van der Waals surface area contributed by atoms with Crippen molar-refractivity contribution in [1.29, 1.82) is 0 Å². The fourth-order valence-electron chi connectivity index (χ4n) is 2.55. The molecule has 1 aromatic heterocycles. The van der Waals surface area contributed by atoms with E-state index in [-0.39, 0.29) is 10.6 Å². The van der Waals surface area contributed by atoms with Gasteiger partial charge in [0.05, 0.1) is 16.3 Å². The van der Waals surface area contributed by atoms with Gasteiger partial charge in [0.2, 0.25) is 0 Å². The van der Waals surface area contributed by atoms with E-state index in [0.29, 0.717) is 0 Å². The average Bonchev–Trinajstić information content (AvgIpc) is 3.18. The summed E-state index contributed by atoms with van der Waals surface area (Å²) < 4.78 is 0. The van der Waals surface area contributed by atoms with Gasteiger partial charge in [0.25, 0.3) is 0 Å². The molecule has 2 aromatic carbocycles. The zero-order chi connectivity index (χ0) is 20.1. The van der Waals surface area contributed by atoms with Crippen LogP contribution in [-0.2, 0) is 0 Å². The highest BCUT2D eigenvalue weighted by molar-refractivity contribution is 7.13. The van der Waals surface area contributed by atoms with Crippen molar-refractivity contribution in [3.8, 4) is 10.6 Å². The fraction of sp³-hybridized carbons (Fsp3) is 0.0435. The Morgan fingerprint density at radius 1 is 1.21 bits per heavy atom. The van der Waals surface area contributed by atoms with Crippen molar-refractivity contribution in [3.63, 3.8) is 0 Å². The minimum Gasteiger partial charge on any atom is -0.478 e. The molecule has 0 aliphatic heterocycles. The van der Waals surface area contributed by atoms with Crippen LogP contribution in [0.2, 0.25) is 5.02 Å². The highest BCUT2D eigenvalue weighted by atomic mass is 35.5. The first-order valence-corrected chi connectivity index (χ1v) is 9.80. The third kappa shape index (κ3) is 4.66. The Morgan fingerprint density at radius 3 is 2.64 bits per heavy atom. The topological polar surface area (TPSA) is 50.2 Å². The number of carboxylic acids is 1. The van der Waals surface area contributed by atoms with Crippen LogP contribution in [0.4, 0.5) is 0 Å². The Kier molecular flexibility index (Phi) is 6.24. The van der Waals surface area contributed by atoms with Gasteiger partial charge in [-0.3, -0.25) is 0 Å². The first-order chi connectivity index (χ1) is 13.5. The highest BCUT2D eigenvalue weighted by Gasteiger charge is 2.09. The van der Waals surface area contributed by atoms with Crippen LogP contribution in [-0.4, -0.2) is 16.1 Å². The molecular formula is C23H18ClNO2S. The van der Waals surface area contributed by atoms with E-state index in [4.69, 9.17) is 21.7 Å². The molecule has 5 heteroatoms. The quantitative estimate of drug-likeness (QED) is 0.455. The maximum Gasteiger partial charge on any atom is 0.337 e. The summed E-state index contributed by atoms with van der Waals surface area (Å²) in [6.45, 7) is 6.03. The van der Waals surface area contributed by atoms with E-state index in [2.05, 4.69) is 6.58 Å². The molecule has 1 N–H and O–H groups in total. The highest BCUT2D eigenvalue weighted by Crippen LogP contribution is 2.27.